The van der Waals surface area contributed by atoms with Crippen LogP contribution < -0.4 is 10.1 Å². The number of fused-ring (bicyclic) bond motifs is 1. The Hall–Kier alpha value is -1.06. The molecule has 2 aliphatic rings. The largest absolute Gasteiger partial charge is 0.486 e. The molecule has 2 heterocycles. The van der Waals surface area contributed by atoms with Crippen molar-refractivity contribution in [2.45, 2.75) is 51.3 Å². The Kier molecular flexibility index (Phi) is 3.74. The van der Waals surface area contributed by atoms with E-state index in [-0.39, 0.29) is 5.60 Å². The van der Waals surface area contributed by atoms with Crippen LogP contribution in [0.25, 0.3) is 0 Å². The summed E-state index contributed by atoms with van der Waals surface area (Å²) >= 11 is 0. The summed E-state index contributed by atoms with van der Waals surface area (Å²) in [6, 6.07) is 9.30. The van der Waals surface area contributed by atoms with Gasteiger partial charge < -0.3 is 15.0 Å². The van der Waals surface area contributed by atoms with E-state index in [0.717, 1.165) is 18.8 Å². The summed E-state index contributed by atoms with van der Waals surface area (Å²) in [6.07, 6.45) is 2.56. The molecule has 0 aromatic heterocycles. The molecule has 0 amide bonds. The second-order valence-electron chi connectivity index (χ2n) is 6.58. The van der Waals surface area contributed by atoms with Crippen molar-refractivity contribution < 1.29 is 4.74 Å². The van der Waals surface area contributed by atoms with Crippen LogP contribution in [0.2, 0.25) is 0 Å². The molecule has 3 nitrogen and oxygen atoms in total. The molecule has 1 fully saturated rings. The number of likely N-dealkylation sites (tertiary alicyclic amines) is 1. The summed E-state index contributed by atoms with van der Waals surface area (Å²) in [5.41, 5.74) is 1.14. The van der Waals surface area contributed by atoms with Crippen molar-refractivity contribution in [1.29, 1.82) is 0 Å². The predicted octanol–water partition coefficient (Wildman–Crippen LogP) is 2.97. The van der Waals surface area contributed by atoms with Gasteiger partial charge >= 0.3 is 0 Å². The van der Waals surface area contributed by atoms with Gasteiger partial charge in [0.25, 0.3) is 0 Å². The molecular weight excluding hydrogens is 248 g/mol. The fraction of sp³-hybridized carbons (Fsp3) is 0.647. The van der Waals surface area contributed by atoms with Gasteiger partial charge in [0, 0.05) is 18.2 Å². The summed E-state index contributed by atoms with van der Waals surface area (Å²) < 4.78 is 6.13. The summed E-state index contributed by atoms with van der Waals surface area (Å²) in [4.78, 5) is 2.54. The zero-order valence-electron chi connectivity index (χ0n) is 12.9. The Morgan fingerprint density at radius 2 is 2.15 bits per heavy atom. The monoisotopic (exact) mass is 274 g/mol. The van der Waals surface area contributed by atoms with Gasteiger partial charge in [0.2, 0.25) is 0 Å². The van der Waals surface area contributed by atoms with E-state index in [2.05, 4.69) is 55.3 Å². The minimum absolute atomic E-state index is 0.168. The van der Waals surface area contributed by atoms with Gasteiger partial charge in [-0.15, -0.1) is 0 Å². The standard InChI is InChI=1S/C17H26N2O/c1-4-19-11-7-8-13(12-19)18-16-14-9-5-6-10-15(14)20-17(16,2)3/h5-6,9-10,13,16,18H,4,7-8,11-12H2,1-3H3. The van der Waals surface area contributed by atoms with Gasteiger partial charge in [0.05, 0.1) is 6.04 Å². The molecule has 1 aromatic rings. The van der Waals surface area contributed by atoms with E-state index in [1.165, 1.54) is 24.9 Å². The number of nitrogens with one attached hydrogen (secondary N) is 1. The molecule has 0 aliphatic carbocycles. The van der Waals surface area contributed by atoms with Crippen LogP contribution in [-0.2, 0) is 0 Å². The van der Waals surface area contributed by atoms with Crippen molar-refractivity contribution in [2.75, 3.05) is 19.6 Å². The minimum Gasteiger partial charge on any atom is -0.486 e. The Morgan fingerprint density at radius 3 is 2.95 bits per heavy atom. The molecule has 1 saturated heterocycles. The Labute approximate surface area is 122 Å². The van der Waals surface area contributed by atoms with Gasteiger partial charge in [-0.1, -0.05) is 25.1 Å². The lowest BCUT2D eigenvalue weighted by atomic mass is 9.92. The molecule has 0 spiro atoms. The third-order valence-corrected chi connectivity index (χ3v) is 4.65. The second-order valence-corrected chi connectivity index (χ2v) is 6.58. The van der Waals surface area contributed by atoms with E-state index in [0.29, 0.717) is 12.1 Å². The van der Waals surface area contributed by atoms with Crippen LogP contribution in [0.5, 0.6) is 5.75 Å². The first-order valence-electron chi connectivity index (χ1n) is 7.86. The molecule has 0 bridgehead atoms. The topological polar surface area (TPSA) is 24.5 Å². The Morgan fingerprint density at radius 1 is 1.35 bits per heavy atom. The number of benzene rings is 1. The third-order valence-electron chi connectivity index (χ3n) is 4.65. The fourth-order valence-electron chi connectivity index (χ4n) is 3.53. The van der Waals surface area contributed by atoms with Crippen LogP contribution in [0.15, 0.2) is 24.3 Å². The number of piperidine rings is 1. The molecule has 20 heavy (non-hydrogen) atoms. The average molecular weight is 274 g/mol. The van der Waals surface area contributed by atoms with Gasteiger partial charge in [0.15, 0.2) is 0 Å². The van der Waals surface area contributed by atoms with Crippen LogP contribution in [-0.4, -0.2) is 36.2 Å². The summed E-state index contributed by atoms with van der Waals surface area (Å²) in [5, 5.41) is 3.86. The molecular formula is C17H26N2O. The summed E-state index contributed by atoms with van der Waals surface area (Å²) in [7, 11) is 0. The number of rotatable bonds is 3. The number of ether oxygens (including phenoxy) is 1. The molecule has 2 unspecified atom stereocenters. The highest BCUT2D eigenvalue weighted by Crippen LogP contribution is 2.43. The maximum Gasteiger partial charge on any atom is 0.125 e. The second kappa shape index (κ2) is 5.38. The van der Waals surface area contributed by atoms with Crippen LogP contribution in [0.4, 0.5) is 0 Å². The first-order valence-corrected chi connectivity index (χ1v) is 7.86. The van der Waals surface area contributed by atoms with Crippen LogP contribution in [0.3, 0.4) is 0 Å². The molecule has 3 rings (SSSR count). The maximum atomic E-state index is 6.13. The zero-order valence-corrected chi connectivity index (χ0v) is 12.9. The van der Waals surface area contributed by atoms with Crippen molar-refractivity contribution in [1.82, 2.24) is 10.2 Å². The zero-order chi connectivity index (χ0) is 14.2. The Balaban J connectivity index is 1.76. The number of para-hydroxylation sites is 1. The van der Waals surface area contributed by atoms with Gasteiger partial charge in [-0.3, -0.25) is 0 Å². The van der Waals surface area contributed by atoms with E-state index < -0.39 is 0 Å². The van der Waals surface area contributed by atoms with E-state index >= 15 is 0 Å². The van der Waals surface area contributed by atoms with Crippen molar-refractivity contribution >= 4 is 0 Å². The lowest BCUT2D eigenvalue weighted by Crippen LogP contribution is -2.50. The third kappa shape index (κ3) is 2.57. The van der Waals surface area contributed by atoms with E-state index in [1.807, 2.05) is 0 Å². The molecule has 110 valence electrons. The van der Waals surface area contributed by atoms with E-state index in [1.54, 1.807) is 0 Å². The van der Waals surface area contributed by atoms with E-state index in [4.69, 9.17) is 4.74 Å². The van der Waals surface area contributed by atoms with Gasteiger partial charge in [-0.25, -0.2) is 0 Å². The van der Waals surface area contributed by atoms with Crippen molar-refractivity contribution in [2.24, 2.45) is 0 Å². The smallest absolute Gasteiger partial charge is 0.125 e. The highest BCUT2D eigenvalue weighted by Gasteiger charge is 2.42. The lowest BCUT2D eigenvalue weighted by molar-refractivity contribution is 0.0812. The normalized spacial score (nSPS) is 28.9. The SMILES string of the molecule is CCN1CCCC(NC2c3ccccc3OC2(C)C)C1. The molecule has 2 atom stereocenters. The molecule has 2 aliphatic heterocycles. The number of likely N-dealkylation sites (N-methyl/N-ethyl adjacent to an activating group) is 1. The summed E-state index contributed by atoms with van der Waals surface area (Å²) in [5.74, 6) is 1.04. The maximum absolute atomic E-state index is 6.13. The number of hydrogen-bond acceptors (Lipinski definition) is 3. The van der Waals surface area contributed by atoms with Crippen LogP contribution in [0, 0.1) is 0 Å². The first-order chi connectivity index (χ1) is 9.60. The van der Waals surface area contributed by atoms with Crippen molar-refractivity contribution in [3.05, 3.63) is 29.8 Å². The lowest BCUT2D eigenvalue weighted by Gasteiger charge is -2.37. The van der Waals surface area contributed by atoms with Crippen molar-refractivity contribution in [3.63, 3.8) is 0 Å². The highest BCUT2D eigenvalue weighted by molar-refractivity contribution is 5.42. The van der Waals surface area contributed by atoms with Crippen molar-refractivity contribution in [3.8, 4) is 5.75 Å². The fourth-order valence-corrected chi connectivity index (χ4v) is 3.53. The average Bonchev–Trinajstić information content (AvgIpc) is 2.70. The molecule has 0 saturated carbocycles. The Bertz CT molecular complexity index is 472. The first kappa shape index (κ1) is 13.9. The summed E-state index contributed by atoms with van der Waals surface area (Å²) in [6.45, 7) is 10.2. The molecule has 3 heteroatoms. The highest BCUT2D eigenvalue weighted by atomic mass is 16.5. The van der Waals surface area contributed by atoms with Gasteiger partial charge in [0.1, 0.15) is 11.4 Å². The molecule has 1 aromatic carbocycles. The number of hydrogen-bond donors (Lipinski definition) is 1. The quantitative estimate of drug-likeness (QED) is 0.917. The minimum atomic E-state index is -0.168. The van der Waals surface area contributed by atoms with Crippen LogP contribution in [0.1, 0.15) is 45.2 Å². The van der Waals surface area contributed by atoms with Gasteiger partial charge in [-0.05, 0) is 45.8 Å². The predicted molar refractivity (Wildman–Crippen MR) is 82.2 cm³/mol. The number of nitrogens with zero attached hydrogens (tertiary/aromatic N) is 1. The van der Waals surface area contributed by atoms with E-state index in [9.17, 15) is 0 Å². The molecule has 1 N–H and O–H groups in total. The molecule has 0 radical (unpaired) electrons. The van der Waals surface area contributed by atoms with Gasteiger partial charge in [-0.2, -0.15) is 0 Å². The van der Waals surface area contributed by atoms with Crippen LogP contribution >= 0.6 is 0 Å².